The number of rotatable bonds is 5. The van der Waals surface area contributed by atoms with Crippen LogP contribution in [0.4, 0.5) is 5.69 Å². The second-order valence-corrected chi connectivity index (χ2v) is 3.69. The van der Waals surface area contributed by atoms with Gasteiger partial charge in [0.15, 0.2) is 0 Å². The average Bonchev–Trinajstić information content (AvgIpc) is 2.44. The fourth-order valence-electron chi connectivity index (χ4n) is 1.31. The van der Waals surface area contributed by atoms with E-state index in [1.54, 1.807) is 24.3 Å². The monoisotopic (exact) mass is 264 g/mol. The zero-order valence-corrected chi connectivity index (χ0v) is 10.5. The minimum atomic E-state index is -0.398. The Balaban J connectivity index is 2.51. The fraction of sp³-hybridized carbons (Fsp3) is 0.250. The summed E-state index contributed by atoms with van der Waals surface area (Å²) in [7, 11) is 1.54. The van der Waals surface area contributed by atoms with E-state index in [0.717, 1.165) is 0 Å². The summed E-state index contributed by atoms with van der Waals surface area (Å²) in [6.07, 6.45) is 0. The molecule has 0 bridgehead atoms. The molecule has 0 atom stereocenters. The minimum Gasteiger partial charge on any atom is -0.355 e. The van der Waals surface area contributed by atoms with E-state index in [2.05, 4.69) is 16.0 Å². The molecule has 0 unspecified atom stereocenters. The molecule has 1 aromatic carbocycles. The van der Waals surface area contributed by atoms with E-state index in [-0.39, 0.29) is 24.9 Å². The van der Waals surface area contributed by atoms with Gasteiger partial charge in [-0.1, -0.05) is 0 Å². The Morgan fingerprint density at radius 2 is 1.74 bits per heavy atom. The molecule has 19 heavy (non-hydrogen) atoms. The highest BCUT2D eigenvalue weighted by Crippen LogP contribution is 2.09. The van der Waals surface area contributed by atoms with E-state index in [1.807, 2.05) is 0 Å². The summed E-state index contributed by atoms with van der Waals surface area (Å²) >= 11 is 0. The van der Waals surface area contributed by atoms with Crippen LogP contribution >= 0.6 is 0 Å². The molecule has 5 N–H and O–H groups in total. The summed E-state index contributed by atoms with van der Waals surface area (Å²) in [6.45, 7) is -0.304. The zero-order chi connectivity index (χ0) is 14.3. The summed E-state index contributed by atoms with van der Waals surface area (Å²) < 4.78 is 0. The second kappa shape index (κ2) is 7.12. The number of carbonyl (C=O) groups is 3. The van der Waals surface area contributed by atoms with Crippen LogP contribution < -0.4 is 21.7 Å². The molecule has 0 aliphatic rings. The number of benzene rings is 1. The maximum Gasteiger partial charge on any atom is 0.251 e. The zero-order valence-electron chi connectivity index (χ0n) is 10.5. The van der Waals surface area contributed by atoms with Gasteiger partial charge in [0.05, 0.1) is 13.1 Å². The molecule has 0 saturated heterocycles. The molecule has 7 nitrogen and oxygen atoms in total. The van der Waals surface area contributed by atoms with Gasteiger partial charge in [-0.05, 0) is 24.3 Å². The van der Waals surface area contributed by atoms with Crippen LogP contribution in [0.2, 0.25) is 0 Å². The summed E-state index contributed by atoms with van der Waals surface area (Å²) in [4.78, 5) is 33.6. The molecule has 0 aliphatic carbocycles. The molecule has 102 valence electrons. The van der Waals surface area contributed by atoms with Crippen molar-refractivity contribution >= 4 is 23.4 Å². The van der Waals surface area contributed by atoms with Crippen LogP contribution in [0.15, 0.2) is 24.3 Å². The molecule has 7 heteroatoms. The number of amides is 3. The van der Waals surface area contributed by atoms with Gasteiger partial charge in [0.25, 0.3) is 5.91 Å². The van der Waals surface area contributed by atoms with Gasteiger partial charge in [0.1, 0.15) is 0 Å². The maximum absolute atomic E-state index is 11.5. The first-order valence-corrected chi connectivity index (χ1v) is 5.65. The first kappa shape index (κ1) is 14.7. The molecule has 0 spiro atoms. The van der Waals surface area contributed by atoms with Crippen LogP contribution in [0.1, 0.15) is 10.4 Å². The summed E-state index contributed by atoms with van der Waals surface area (Å²) in [6, 6.07) is 6.39. The van der Waals surface area contributed by atoms with Gasteiger partial charge in [-0.15, -0.1) is 0 Å². The third kappa shape index (κ3) is 4.76. The van der Waals surface area contributed by atoms with E-state index in [4.69, 9.17) is 5.73 Å². The van der Waals surface area contributed by atoms with Crippen molar-refractivity contribution in [3.05, 3.63) is 29.8 Å². The fourth-order valence-corrected chi connectivity index (χ4v) is 1.31. The second-order valence-electron chi connectivity index (χ2n) is 3.69. The van der Waals surface area contributed by atoms with Crippen molar-refractivity contribution in [1.29, 1.82) is 0 Å². The predicted octanol–water partition coefficient (Wildman–Crippen LogP) is -0.940. The van der Waals surface area contributed by atoms with Gasteiger partial charge < -0.3 is 21.7 Å². The van der Waals surface area contributed by atoms with Gasteiger partial charge in [-0.25, -0.2) is 0 Å². The molecule has 0 fully saturated rings. The average molecular weight is 264 g/mol. The van der Waals surface area contributed by atoms with Crippen LogP contribution in [-0.2, 0) is 9.59 Å². The van der Waals surface area contributed by atoms with Gasteiger partial charge in [-0.3, -0.25) is 14.4 Å². The Hall–Kier alpha value is -2.41. The van der Waals surface area contributed by atoms with Crippen molar-refractivity contribution in [2.45, 2.75) is 0 Å². The highest BCUT2D eigenvalue weighted by atomic mass is 16.2. The first-order chi connectivity index (χ1) is 9.06. The number of anilines is 1. The number of hydrogen-bond donors (Lipinski definition) is 4. The van der Waals surface area contributed by atoms with Crippen LogP contribution in [0.3, 0.4) is 0 Å². The lowest BCUT2D eigenvalue weighted by Gasteiger charge is -2.07. The minimum absolute atomic E-state index is 0.146. The van der Waals surface area contributed by atoms with Crippen molar-refractivity contribution in [3.8, 4) is 0 Å². The molecule has 0 aliphatic heterocycles. The molecule has 0 heterocycles. The van der Waals surface area contributed by atoms with E-state index in [9.17, 15) is 14.4 Å². The molecule has 1 aromatic rings. The standard InChI is InChI=1S/C12H16N4O3/c1-14-12(19)8-2-4-9(5-3-8)16-11(18)7-15-10(17)6-13/h2-5H,6-7,13H2,1H3,(H,14,19)(H,15,17)(H,16,18). The van der Waals surface area contributed by atoms with Crippen LogP contribution in [0.25, 0.3) is 0 Å². The Kier molecular flexibility index (Phi) is 5.49. The summed E-state index contributed by atoms with van der Waals surface area (Å²) in [5.41, 5.74) is 6.13. The maximum atomic E-state index is 11.5. The normalized spacial score (nSPS) is 9.58. The van der Waals surface area contributed by atoms with Crippen molar-refractivity contribution in [2.75, 3.05) is 25.5 Å². The van der Waals surface area contributed by atoms with Crippen molar-refractivity contribution < 1.29 is 14.4 Å². The topological polar surface area (TPSA) is 113 Å². The van der Waals surface area contributed by atoms with Gasteiger partial charge in [0, 0.05) is 18.3 Å². The van der Waals surface area contributed by atoms with Crippen molar-refractivity contribution in [1.82, 2.24) is 10.6 Å². The highest BCUT2D eigenvalue weighted by Gasteiger charge is 2.06. The number of hydrogen-bond acceptors (Lipinski definition) is 4. The van der Waals surface area contributed by atoms with Gasteiger partial charge in [0.2, 0.25) is 11.8 Å². The van der Waals surface area contributed by atoms with Crippen LogP contribution in [-0.4, -0.2) is 37.9 Å². The lowest BCUT2D eigenvalue weighted by molar-refractivity contribution is -0.123. The molecule has 3 amide bonds. The number of nitrogens with two attached hydrogens (primary N) is 1. The first-order valence-electron chi connectivity index (χ1n) is 5.65. The van der Waals surface area contributed by atoms with Crippen LogP contribution in [0, 0.1) is 0 Å². The van der Waals surface area contributed by atoms with E-state index < -0.39 is 5.91 Å². The molecule has 0 aromatic heterocycles. The Bertz CT molecular complexity index is 470. The third-order valence-corrected chi connectivity index (χ3v) is 2.29. The van der Waals surface area contributed by atoms with Crippen molar-refractivity contribution in [3.63, 3.8) is 0 Å². The van der Waals surface area contributed by atoms with E-state index in [1.165, 1.54) is 7.05 Å². The summed E-state index contributed by atoms with van der Waals surface area (Å²) in [5.74, 6) is -0.965. The molecule has 0 saturated carbocycles. The quantitative estimate of drug-likeness (QED) is 0.549. The molecular weight excluding hydrogens is 248 g/mol. The Morgan fingerprint density at radius 3 is 2.26 bits per heavy atom. The molecule has 0 radical (unpaired) electrons. The largest absolute Gasteiger partial charge is 0.355 e. The summed E-state index contributed by atoms with van der Waals surface area (Å²) in [5, 5.41) is 7.43. The number of nitrogens with one attached hydrogen (secondary N) is 3. The molecule has 1 rings (SSSR count). The van der Waals surface area contributed by atoms with Gasteiger partial charge in [-0.2, -0.15) is 0 Å². The third-order valence-electron chi connectivity index (χ3n) is 2.29. The smallest absolute Gasteiger partial charge is 0.251 e. The predicted molar refractivity (Wildman–Crippen MR) is 70.5 cm³/mol. The number of carbonyl (C=O) groups excluding carboxylic acids is 3. The van der Waals surface area contributed by atoms with E-state index >= 15 is 0 Å². The molecular formula is C12H16N4O3. The van der Waals surface area contributed by atoms with Crippen LogP contribution in [0.5, 0.6) is 0 Å². The van der Waals surface area contributed by atoms with Gasteiger partial charge >= 0.3 is 0 Å². The Labute approximate surface area is 110 Å². The Morgan fingerprint density at radius 1 is 1.11 bits per heavy atom. The van der Waals surface area contributed by atoms with Crippen molar-refractivity contribution in [2.24, 2.45) is 5.73 Å². The highest BCUT2D eigenvalue weighted by molar-refractivity contribution is 5.96. The lowest BCUT2D eigenvalue weighted by Crippen LogP contribution is -2.36. The van der Waals surface area contributed by atoms with E-state index in [0.29, 0.717) is 11.3 Å². The lowest BCUT2D eigenvalue weighted by atomic mass is 10.2. The SMILES string of the molecule is CNC(=O)c1ccc(NC(=O)CNC(=O)CN)cc1.